The molecule has 0 N–H and O–H groups in total. The molecule has 8 nitrogen and oxygen atoms in total. The Hall–Kier alpha value is -2.61. The van der Waals surface area contributed by atoms with E-state index in [4.69, 9.17) is 23.7 Å². The molecule has 29 heavy (non-hydrogen) atoms. The van der Waals surface area contributed by atoms with E-state index in [1.54, 1.807) is 24.3 Å². The zero-order chi connectivity index (χ0) is 21.6. The molecular formula is C21H28O8. The van der Waals surface area contributed by atoms with Crippen LogP contribution < -0.4 is 4.74 Å². The molecule has 5 unspecified atom stereocenters. The number of esters is 3. The van der Waals surface area contributed by atoms with E-state index in [1.807, 2.05) is 13.8 Å². The summed E-state index contributed by atoms with van der Waals surface area (Å²) in [6, 6.07) is 7.06. The van der Waals surface area contributed by atoms with Gasteiger partial charge in [0.2, 0.25) is 6.29 Å². The molecular weight excluding hydrogens is 380 g/mol. The molecule has 160 valence electrons. The summed E-state index contributed by atoms with van der Waals surface area (Å²) in [6.45, 7) is 7.98. The standard InChI is InChI=1S/C21H28O8/c1-12-13(2)20(27-16(5)24)21(29-19(12)11-26-15(4)23)28-18-9-7-6-8-17(18)10-25-14(3)22/h6-9,12-13,19-21H,10-11H2,1-5H3. The van der Waals surface area contributed by atoms with Crippen LogP contribution in [0, 0.1) is 11.8 Å². The molecule has 1 aromatic carbocycles. The summed E-state index contributed by atoms with van der Waals surface area (Å²) in [5.41, 5.74) is 0.649. The van der Waals surface area contributed by atoms with Gasteiger partial charge in [-0.3, -0.25) is 14.4 Å². The molecule has 1 heterocycles. The number of carbonyl (C=O) groups excluding carboxylic acids is 3. The smallest absolute Gasteiger partial charge is 0.303 e. The number of ether oxygens (including phenoxy) is 5. The van der Waals surface area contributed by atoms with Crippen molar-refractivity contribution in [2.45, 2.75) is 59.7 Å². The summed E-state index contributed by atoms with van der Waals surface area (Å²) >= 11 is 0. The normalized spacial score (nSPS) is 26.3. The molecule has 0 radical (unpaired) electrons. The highest BCUT2D eigenvalue weighted by atomic mass is 16.7. The molecule has 0 bridgehead atoms. The van der Waals surface area contributed by atoms with E-state index < -0.39 is 36.4 Å². The van der Waals surface area contributed by atoms with Gasteiger partial charge in [-0.15, -0.1) is 0 Å². The number of para-hydroxylation sites is 1. The van der Waals surface area contributed by atoms with E-state index in [-0.39, 0.29) is 25.0 Å². The molecule has 1 aliphatic heterocycles. The fourth-order valence-corrected chi connectivity index (χ4v) is 3.14. The lowest BCUT2D eigenvalue weighted by Crippen LogP contribution is -2.54. The maximum absolute atomic E-state index is 11.6. The number of hydrogen-bond acceptors (Lipinski definition) is 8. The topological polar surface area (TPSA) is 97.4 Å². The lowest BCUT2D eigenvalue weighted by atomic mass is 9.83. The second kappa shape index (κ2) is 10.2. The number of rotatable bonds is 7. The lowest BCUT2D eigenvalue weighted by molar-refractivity contribution is -0.253. The van der Waals surface area contributed by atoms with Gasteiger partial charge in [0, 0.05) is 32.3 Å². The first-order valence-electron chi connectivity index (χ1n) is 9.53. The predicted octanol–water partition coefficient (Wildman–Crippen LogP) is 2.62. The van der Waals surface area contributed by atoms with Gasteiger partial charge in [-0.1, -0.05) is 32.0 Å². The molecule has 1 saturated heterocycles. The van der Waals surface area contributed by atoms with Crippen molar-refractivity contribution in [1.29, 1.82) is 0 Å². The molecule has 0 amide bonds. The molecule has 0 saturated carbocycles. The van der Waals surface area contributed by atoms with Crippen molar-refractivity contribution in [3.63, 3.8) is 0 Å². The third-order valence-electron chi connectivity index (χ3n) is 4.91. The Morgan fingerprint density at radius 3 is 2.21 bits per heavy atom. The second-order valence-corrected chi connectivity index (χ2v) is 7.14. The minimum Gasteiger partial charge on any atom is -0.463 e. The third-order valence-corrected chi connectivity index (χ3v) is 4.91. The van der Waals surface area contributed by atoms with Crippen LogP contribution in [0.1, 0.15) is 40.2 Å². The first-order valence-corrected chi connectivity index (χ1v) is 9.53. The van der Waals surface area contributed by atoms with Crippen molar-refractivity contribution in [2.24, 2.45) is 11.8 Å². The Bertz CT molecular complexity index is 729. The van der Waals surface area contributed by atoms with E-state index in [2.05, 4.69) is 0 Å². The molecule has 5 atom stereocenters. The zero-order valence-electron chi connectivity index (χ0n) is 17.4. The van der Waals surface area contributed by atoms with E-state index in [0.717, 1.165) is 0 Å². The van der Waals surface area contributed by atoms with Crippen LogP contribution in [0.25, 0.3) is 0 Å². The average molecular weight is 408 g/mol. The van der Waals surface area contributed by atoms with Gasteiger partial charge in [-0.25, -0.2) is 0 Å². The van der Waals surface area contributed by atoms with E-state index >= 15 is 0 Å². The van der Waals surface area contributed by atoms with Crippen molar-refractivity contribution in [3.8, 4) is 5.75 Å². The fourth-order valence-electron chi connectivity index (χ4n) is 3.14. The number of carbonyl (C=O) groups is 3. The molecule has 0 aliphatic carbocycles. The van der Waals surface area contributed by atoms with Crippen LogP contribution in [0.4, 0.5) is 0 Å². The summed E-state index contributed by atoms with van der Waals surface area (Å²) in [7, 11) is 0. The second-order valence-electron chi connectivity index (χ2n) is 7.14. The highest BCUT2D eigenvalue weighted by molar-refractivity contribution is 5.66. The van der Waals surface area contributed by atoms with Gasteiger partial charge in [0.25, 0.3) is 0 Å². The van der Waals surface area contributed by atoms with Crippen molar-refractivity contribution in [2.75, 3.05) is 6.61 Å². The number of benzene rings is 1. The summed E-state index contributed by atoms with van der Waals surface area (Å²) < 4.78 is 27.8. The first kappa shape index (κ1) is 22.7. The molecule has 2 rings (SSSR count). The van der Waals surface area contributed by atoms with E-state index in [1.165, 1.54) is 20.8 Å². The van der Waals surface area contributed by atoms with Crippen LogP contribution in [0.2, 0.25) is 0 Å². The van der Waals surface area contributed by atoms with Crippen LogP contribution in [-0.2, 0) is 39.9 Å². The Morgan fingerprint density at radius 1 is 0.931 bits per heavy atom. The summed E-state index contributed by atoms with van der Waals surface area (Å²) in [5.74, 6) is -0.967. The summed E-state index contributed by atoms with van der Waals surface area (Å²) in [6.07, 6.45) is -1.99. The van der Waals surface area contributed by atoms with Crippen molar-refractivity contribution in [3.05, 3.63) is 29.8 Å². The molecule has 1 aliphatic rings. The molecule has 1 aromatic rings. The van der Waals surface area contributed by atoms with E-state index in [9.17, 15) is 14.4 Å². The van der Waals surface area contributed by atoms with Crippen LogP contribution in [-0.4, -0.2) is 43.0 Å². The monoisotopic (exact) mass is 408 g/mol. The summed E-state index contributed by atoms with van der Waals surface area (Å²) in [5, 5.41) is 0. The van der Waals surface area contributed by atoms with Crippen LogP contribution in [0.3, 0.4) is 0 Å². The largest absolute Gasteiger partial charge is 0.463 e. The Balaban J connectivity index is 2.24. The van der Waals surface area contributed by atoms with Gasteiger partial charge >= 0.3 is 17.9 Å². The van der Waals surface area contributed by atoms with Gasteiger partial charge in [-0.2, -0.15) is 0 Å². The third kappa shape index (κ3) is 6.45. The average Bonchev–Trinajstić information content (AvgIpc) is 2.65. The zero-order valence-corrected chi connectivity index (χ0v) is 17.4. The SMILES string of the molecule is CC(=O)OCc1ccccc1OC1OC(COC(C)=O)C(C)C(C)C1OC(C)=O. The van der Waals surface area contributed by atoms with Crippen LogP contribution in [0.5, 0.6) is 5.75 Å². The molecule has 0 spiro atoms. The lowest BCUT2D eigenvalue weighted by Gasteiger charge is -2.43. The van der Waals surface area contributed by atoms with Gasteiger partial charge in [0.1, 0.15) is 19.0 Å². The highest BCUT2D eigenvalue weighted by Crippen LogP contribution is 2.35. The van der Waals surface area contributed by atoms with Crippen molar-refractivity contribution < 1.29 is 38.1 Å². The van der Waals surface area contributed by atoms with Crippen LogP contribution >= 0.6 is 0 Å². The van der Waals surface area contributed by atoms with Gasteiger partial charge in [0.15, 0.2) is 6.10 Å². The maximum atomic E-state index is 11.6. The van der Waals surface area contributed by atoms with Crippen molar-refractivity contribution >= 4 is 17.9 Å². The predicted molar refractivity (Wildman–Crippen MR) is 102 cm³/mol. The Kier molecular flexibility index (Phi) is 8.01. The first-order chi connectivity index (χ1) is 13.7. The van der Waals surface area contributed by atoms with Crippen LogP contribution in [0.15, 0.2) is 24.3 Å². The Morgan fingerprint density at radius 2 is 1.59 bits per heavy atom. The minimum atomic E-state index is -0.913. The van der Waals surface area contributed by atoms with Crippen molar-refractivity contribution in [1.82, 2.24) is 0 Å². The fraction of sp³-hybridized carbons (Fsp3) is 0.571. The van der Waals surface area contributed by atoms with Gasteiger partial charge in [0.05, 0.1) is 6.10 Å². The van der Waals surface area contributed by atoms with E-state index in [0.29, 0.717) is 11.3 Å². The minimum absolute atomic E-state index is 0.0410. The highest BCUT2D eigenvalue weighted by Gasteiger charge is 2.45. The Labute approximate surface area is 170 Å². The number of hydrogen-bond donors (Lipinski definition) is 0. The quantitative estimate of drug-likeness (QED) is 0.502. The summed E-state index contributed by atoms with van der Waals surface area (Å²) in [4.78, 5) is 34.0. The maximum Gasteiger partial charge on any atom is 0.303 e. The molecule has 8 heteroatoms. The molecule has 1 fully saturated rings. The van der Waals surface area contributed by atoms with Gasteiger partial charge < -0.3 is 23.7 Å². The molecule has 0 aromatic heterocycles. The van der Waals surface area contributed by atoms with Gasteiger partial charge in [-0.05, 0) is 12.0 Å².